The van der Waals surface area contributed by atoms with Gasteiger partial charge in [0.1, 0.15) is 5.60 Å². The summed E-state index contributed by atoms with van der Waals surface area (Å²) in [6.45, 7) is 5.36. The van der Waals surface area contributed by atoms with E-state index in [0.717, 1.165) is 11.1 Å². The number of carbonyl (C=O) groups excluding carboxylic acids is 2. The molecule has 1 aliphatic rings. The smallest absolute Gasteiger partial charge is 0.408 e. The van der Waals surface area contributed by atoms with Crippen LogP contribution in [0.1, 0.15) is 43.7 Å². The normalized spacial score (nSPS) is 24.0. The van der Waals surface area contributed by atoms with Crippen LogP contribution in [0, 0.1) is 0 Å². The van der Waals surface area contributed by atoms with Crippen molar-refractivity contribution >= 4 is 12.1 Å². The SMILES string of the molecule is COC(=O)C1(NC(=O)OC(C)(C)C)[C@@H](c2ccccc2)[C@@H]1c1ccccc1. The molecule has 0 radical (unpaired) electrons. The topological polar surface area (TPSA) is 64.6 Å². The van der Waals surface area contributed by atoms with Crippen LogP contribution in [0.5, 0.6) is 0 Å². The summed E-state index contributed by atoms with van der Waals surface area (Å²) < 4.78 is 10.5. The van der Waals surface area contributed by atoms with Crippen LogP contribution in [0.3, 0.4) is 0 Å². The quantitative estimate of drug-likeness (QED) is 0.830. The number of carbonyl (C=O) groups is 2. The van der Waals surface area contributed by atoms with Gasteiger partial charge in [-0.2, -0.15) is 0 Å². The molecule has 1 saturated carbocycles. The summed E-state index contributed by atoms with van der Waals surface area (Å²) in [4.78, 5) is 25.4. The van der Waals surface area contributed by atoms with Crippen molar-refractivity contribution < 1.29 is 19.1 Å². The van der Waals surface area contributed by atoms with E-state index in [1.807, 2.05) is 60.7 Å². The molecule has 1 N–H and O–H groups in total. The minimum atomic E-state index is -1.19. The van der Waals surface area contributed by atoms with Crippen molar-refractivity contribution in [2.45, 2.75) is 43.7 Å². The second kappa shape index (κ2) is 7.06. The first-order valence-electron chi connectivity index (χ1n) is 8.99. The van der Waals surface area contributed by atoms with Crippen LogP contribution in [0.25, 0.3) is 0 Å². The van der Waals surface area contributed by atoms with Gasteiger partial charge in [-0.1, -0.05) is 60.7 Å². The summed E-state index contributed by atoms with van der Waals surface area (Å²) in [6, 6.07) is 19.4. The Bertz CT molecular complexity index is 766. The number of hydrogen-bond donors (Lipinski definition) is 1. The van der Waals surface area contributed by atoms with Crippen molar-refractivity contribution in [1.82, 2.24) is 5.32 Å². The Morgan fingerprint density at radius 3 is 1.70 bits per heavy atom. The van der Waals surface area contributed by atoms with Crippen LogP contribution in [0.2, 0.25) is 0 Å². The molecule has 0 heterocycles. The Hall–Kier alpha value is -2.82. The number of hydrogen-bond acceptors (Lipinski definition) is 4. The molecule has 0 bridgehead atoms. The van der Waals surface area contributed by atoms with Crippen LogP contribution in [0.4, 0.5) is 4.79 Å². The van der Waals surface area contributed by atoms with E-state index in [-0.39, 0.29) is 11.8 Å². The van der Waals surface area contributed by atoms with Gasteiger partial charge < -0.3 is 14.8 Å². The zero-order valence-corrected chi connectivity index (χ0v) is 16.1. The molecule has 5 heteroatoms. The molecule has 1 fully saturated rings. The molecule has 5 nitrogen and oxygen atoms in total. The first-order chi connectivity index (χ1) is 12.8. The highest BCUT2D eigenvalue weighted by Crippen LogP contribution is 2.64. The molecule has 0 spiro atoms. The van der Waals surface area contributed by atoms with E-state index in [1.54, 1.807) is 20.8 Å². The Morgan fingerprint density at radius 2 is 1.33 bits per heavy atom. The standard InChI is InChI=1S/C22H25NO4/c1-21(2,3)27-20(25)23-22(19(24)26-4)17(15-11-7-5-8-12-15)18(22)16-13-9-6-10-14-16/h5-14,17-18H,1-4H3,(H,23,25)/t17-,18-/m0/s1. The van der Waals surface area contributed by atoms with Crippen molar-refractivity contribution in [2.24, 2.45) is 0 Å². The van der Waals surface area contributed by atoms with Gasteiger partial charge in [0.2, 0.25) is 0 Å². The molecule has 1 aliphatic carbocycles. The van der Waals surface area contributed by atoms with Gasteiger partial charge in [-0.3, -0.25) is 0 Å². The van der Waals surface area contributed by atoms with E-state index in [0.29, 0.717) is 0 Å². The lowest BCUT2D eigenvalue weighted by Crippen LogP contribution is -2.48. The third-order valence-corrected chi connectivity index (χ3v) is 4.75. The minimum absolute atomic E-state index is 0.235. The van der Waals surface area contributed by atoms with Gasteiger partial charge in [-0.25, -0.2) is 9.59 Å². The molecule has 0 aliphatic heterocycles. The average Bonchev–Trinajstić information content (AvgIpc) is 3.30. The molecule has 0 saturated heterocycles. The molecule has 0 unspecified atom stereocenters. The number of methoxy groups -OCH3 is 1. The van der Waals surface area contributed by atoms with Gasteiger partial charge in [0.05, 0.1) is 7.11 Å². The molecule has 1 amide bonds. The number of rotatable bonds is 4. The molecule has 0 aromatic heterocycles. The Morgan fingerprint density at radius 1 is 0.889 bits per heavy atom. The zero-order chi connectivity index (χ0) is 19.7. The molecule has 142 valence electrons. The van der Waals surface area contributed by atoms with Gasteiger partial charge in [0, 0.05) is 11.8 Å². The highest BCUT2D eigenvalue weighted by atomic mass is 16.6. The van der Waals surface area contributed by atoms with Gasteiger partial charge >= 0.3 is 12.1 Å². The van der Waals surface area contributed by atoms with E-state index in [1.165, 1.54) is 7.11 Å². The number of ether oxygens (including phenoxy) is 2. The van der Waals surface area contributed by atoms with Crippen LogP contribution in [0.15, 0.2) is 60.7 Å². The fraction of sp³-hybridized carbons (Fsp3) is 0.364. The minimum Gasteiger partial charge on any atom is -0.467 e. The molecular weight excluding hydrogens is 342 g/mol. The van der Waals surface area contributed by atoms with Crippen molar-refractivity contribution in [3.63, 3.8) is 0 Å². The van der Waals surface area contributed by atoms with Crippen LogP contribution in [-0.2, 0) is 14.3 Å². The Balaban J connectivity index is 2.03. The lowest BCUT2D eigenvalue weighted by atomic mass is 10.0. The summed E-state index contributed by atoms with van der Waals surface area (Å²) in [7, 11) is 1.34. The van der Waals surface area contributed by atoms with E-state index in [2.05, 4.69) is 5.32 Å². The van der Waals surface area contributed by atoms with E-state index >= 15 is 0 Å². The summed E-state index contributed by atoms with van der Waals surface area (Å²) in [5.41, 5.74) is 0.0706. The summed E-state index contributed by atoms with van der Waals surface area (Å²) >= 11 is 0. The molecule has 2 aromatic rings. The van der Waals surface area contributed by atoms with Crippen molar-refractivity contribution in [1.29, 1.82) is 0 Å². The van der Waals surface area contributed by atoms with Crippen LogP contribution < -0.4 is 5.32 Å². The predicted octanol–water partition coefficient (Wildman–Crippen LogP) is 4.00. The fourth-order valence-electron chi connectivity index (χ4n) is 3.72. The lowest BCUT2D eigenvalue weighted by molar-refractivity contribution is -0.144. The van der Waals surface area contributed by atoms with E-state index in [9.17, 15) is 9.59 Å². The maximum atomic E-state index is 12.9. The number of alkyl carbamates (subject to hydrolysis) is 1. The Labute approximate surface area is 159 Å². The second-order valence-electron chi connectivity index (χ2n) is 7.76. The van der Waals surface area contributed by atoms with Gasteiger partial charge in [0.15, 0.2) is 5.54 Å². The number of amides is 1. The number of benzene rings is 2. The average molecular weight is 367 g/mol. The van der Waals surface area contributed by atoms with Crippen molar-refractivity contribution in [3.8, 4) is 0 Å². The van der Waals surface area contributed by atoms with Gasteiger partial charge in [0.25, 0.3) is 0 Å². The highest BCUT2D eigenvalue weighted by Gasteiger charge is 2.72. The fourth-order valence-corrected chi connectivity index (χ4v) is 3.72. The van der Waals surface area contributed by atoms with Crippen molar-refractivity contribution in [2.75, 3.05) is 7.11 Å². The third-order valence-electron chi connectivity index (χ3n) is 4.75. The highest BCUT2D eigenvalue weighted by molar-refractivity contribution is 5.94. The summed E-state index contributed by atoms with van der Waals surface area (Å²) in [5.74, 6) is -0.946. The monoisotopic (exact) mass is 367 g/mol. The number of nitrogens with one attached hydrogen (secondary N) is 1. The zero-order valence-electron chi connectivity index (χ0n) is 16.1. The molecule has 27 heavy (non-hydrogen) atoms. The van der Waals surface area contributed by atoms with Crippen LogP contribution in [-0.4, -0.2) is 30.3 Å². The summed E-state index contributed by atoms with van der Waals surface area (Å²) in [6.07, 6.45) is -0.632. The largest absolute Gasteiger partial charge is 0.467 e. The second-order valence-corrected chi connectivity index (χ2v) is 7.76. The summed E-state index contributed by atoms with van der Waals surface area (Å²) in [5, 5.41) is 2.84. The van der Waals surface area contributed by atoms with Gasteiger partial charge in [-0.05, 0) is 31.9 Å². The molecule has 3 rings (SSSR count). The maximum absolute atomic E-state index is 12.9. The van der Waals surface area contributed by atoms with Crippen LogP contribution >= 0.6 is 0 Å². The molecular formula is C22H25NO4. The van der Waals surface area contributed by atoms with Gasteiger partial charge in [-0.15, -0.1) is 0 Å². The third kappa shape index (κ3) is 3.68. The maximum Gasteiger partial charge on any atom is 0.408 e. The van der Waals surface area contributed by atoms with E-state index in [4.69, 9.17) is 9.47 Å². The Kier molecular flexibility index (Phi) is 4.96. The van der Waals surface area contributed by atoms with E-state index < -0.39 is 23.2 Å². The first kappa shape index (κ1) is 19.0. The molecule has 2 aromatic carbocycles. The lowest BCUT2D eigenvalue weighted by Gasteiger charge is -2.23. The number of esters is 1. The molecule has 2 atom stereocenters. The predicted molar refractivity (Wildman–Crippen MR) is 102 cm³/mol. The first-order valence-corrected chi connectivity index (χ1v) is 8.99. The van der Waals surface area contributed by atoms with Crippen molar-refractivity contribution in [3.05, 3.63) is 71.8 Å².